The van der Waals surface area contributed by atoms with Crippen molar-refractivity contribution in [3.05, 3.63) is 99.9 Å². The summed E-state index contributed by atoms with van der Waals surface area (Å²) in [6.45, 7) is 8.45. The molecular formula is C34H34FN3O5S2. The number of aliphatic hydroxyl groups excluding tert-OH is 1. The molecule has 1 N–H and O–H groups in total. The number of hydrogen-bond donors (Lipinski definition) is 1. The number of ketones is 1. The standard InChI is InChI=1S/C34H34FN3O5S2/c1-19(2)14-15-43-26-13-10-23(17-27(26)42-5)29-28(30(39)25-16-20(3)6-7-21(25)4)31(40)32(41)38(29)33-36-37-34(45-33)44-18-22-8-11-24(35)12-9-22/h6-13,16-17,19,29,39H,14-15,18H2,1-5H3/b30-28+. The highest BCUT2D eigenvalue weighted by atomic mass is 32.2. The third-order valence-electron chi connectivity index (χ3n) is 7.43. The Labute approximate surface area is 269 Å². The lowest BCUT2D eigenvalue weighted by Crippen LogP contribution is -2.29. The van der Waals surface area contributed by atoms with E-state index in [1.54, 1.807) is 36.4 Å². The Morgan fingerprint density at radius 3 is 2.51 bits per heavy atom. The topological polar surface area (TPSA) is 102 Å². The van der Waals surface area contributed by atoms with E-state index >= 15 is 0 Å². The minimum Gasteiger partial charge on any atom is -0.507 e. The molecule has 0 spiro atoms. The van der Waals surface area contributed by atoms with E-state index in [9.17, 15) is 19.1 Å². The first-order chi connectivity index (χ1) is 21.6. The van der Waals surface area contributed by atoms with E-state index in [1.807, 2.05) is 26.0 Å². The van der Waals surface area contributed by atoms with Gasteiger partial charge in [-0.05, 0) is 73.2 Å². The summed E-state index contributed by atoms with van der Waals surface area (Å²) in [5.74, 6) is -0.298. The predicted octanol–water partition coefficient (Wildman–Crippen LogP) is 7.65. The van der Waals surface area contributed by atoms with E-state index < -0.39 is 17.7 Å². The van der Waals surface area contributed by atoms with Crippen LogP contribution in [0.5, 0.6) is 11.5 Å². The van der Waals surface area contributed by atoms with Crippen LogP contribution >= 0.6 is 23.1 Å². The number of aliphatic hydroxyl groups is 1. The van der Waals surface area contributed by atoms with Gasteiger partial charge in [0.05, 0.1) is 25.3 Å². The van der Waals surface area contributed by atoms with E-state index in [4.69, 9.17) is 9.47 Å². The van der Waals surface area contributed by atoms with Gasteiger partial charge in [0.15, 0.2) is 15.8 Å². The van der Waals surface area contributed by atoms with E-state index in [0.717, 1.165) is 34.4 Å². The molecule has 1 aliphatic heterocycles. The van der Waals surface area contributed by atoms with Crippen molar-refractivity contribution >= 4 is 45.7 Å². The van der Waals surface area contributed by atoms with Crippen LogP contribution < -0.4 is 14.4 Å². The molecule has 1 aromatic heterocycles. The van der Waals surface area contributed by atoms with Gasteiger partial charge in [-0.15, -0.1) is 10.2 Å². The molecule has 0 bridgehead atoms. The van der Waals surface area contributed by atoms with Crippen molar-refractivity contribution in [3.8, 4) is 11.5 Å². The zero-order valence-electron chi connectivity index (χ0n) is 25.7. The van der Waals surface area contributed by atoms with Crippen molar-refractivity contribution in [2.24, 2.45) is 5.92 Å². The van der Waals surface area contributed by atoms with Gasteiger partial charge < -0.3 is 14.6 Å². The number of methoxy groups -OCH3 is 1. The second-order valence-electron chi connectivity index (χ2n) is 11.2. The third kappa shape index (κ3) is 7.04. The normalized spacial score (nSPS) is 16.1. The largest absolute Gasteiger partial charge is 0.507 e. The van der Waals surface area contributed by atoms with Gasteiger partial charge in [0.1, 0.15) is 11.6 Å². The van der Waals surface area contributed by atoms with Crippen molar-refractivity contribution in [2.75, 3.05) is 18.6 Å². The smallest absolute Gasteiger partial charge is 0.301 e. The van der Waals surface area contributed by atoms with Crippen LogP contribution in [0.4, 0.5) is 9.52 Å². The maximum absolute atomic E-state index is 13.7. The molecule has 1 amide bonds. The number of anilines is 1. The molecule has 1 fully saturated rings. The molecule has 0 radical (unpaired) electrons. The molecule has 4 aromatic rings. The Kier molecular flexibility index (Phi) is 9.89. The number of aryl methyl sites for hydroxylation is 2. The average molecular weight is 648 g/mol. The van der Waals surface area contributed by atoms with Crippen LogP contribution in [0.25, 0.3) is 5.76 Å². The summed E-state index contributed by atoms with van der Waals surface area (Å²) in [7, 11) is 1.52. The zero-order valence-corrected chi connectivity index (χ0v) is 27.3. The summed E-state index contributed by atoms with van der Waals surface area (Å²) in [6, 6.07) is 16.0. The number of hydrogen-bond acceptors (Lipinski definition) is 9. The summed E-state index contributed by atoms with van der Waals surface area (Å²) in [5, 5.41) is 20.4. The molecule has 234 valence electrons. The highest BCUT2D eigenvalue weighted by Gasteiger charge is 2.48. The van der Waals surface area contributed by atoms with Crippen LogP contribution in [0.15, 0.2) is 70.6 Å². The third-order valence-corrected chi connectivity index (χ3v) is 9.55. The SMILES string of the molecule is COc1cc(C2/C(=C(\O)c3cc(C)ccc3C)C(=O)C(=O)N2c2nnc(SCc3ccc(F)cc3)s2)ccc1OCCC(C)C. The highest BCUT2D eigenvalue weighted by Crippen LogP contribution is 2.46. The van der Waals surface area contributed by atoms with Crippen LogP contribution in [0, 0.1) is 25.6 Å². The molecule has 1 saturated heterocycles. The Morgan fingerprint density at radius 2 is 1.80 bits per heavy atom. The number of halogens is 1. The summed E-state index contributed by atoms with van der Waals surface area (Å²) in [6.07, 6.45) is 0.861. The molecule has 0 saturated carbocycles. The maximum atomic E-state index is 13.7. The number of ether oxygens (including phenoxy) is 2. The van der Waals surface area contributed by atoms with Crippen LogP contribution in [-0.2, 0) is 15.3 Å². The van der Waals surface area contributed by atoms with Crippen molar-refractivity contribution in [3.63, 3.8) is 0 Å². The second kappa shape index (κ2) is 13.8. The lowest BCUT2D eigenvalue weighted by atomic mass is 9.93. The van der Waals surface area contributed by atoms with Crippen LogP contribution in [0.2, 0.25) is 0 Å². The lowest BCUT2D eigenvalue weighted by Gasteiger charge is -2.24. The number of Topliss-reactive ketones (excluding diaryl/α,β-unsaturated/α-hetero) is 1. The Bertz CT molecular complexity index is 1750. The summed E-state index contributed by atoms with van der Waals surface area (Å²) < 4.78 is 25.5. The lowest BCUT2D eigenvalue weighted by molar-refractivity contribution is -0.132. The van der Waals surface area contributed by atoms with Crippen molar-refractivity contribution < 1.29 is 28.6 Å². The highest BCUT2D eigenvalue weighted by molar-refractivity contribution is 8.00. The van der Waals surface area contributed by atoms with Gasteiger partial charge in [0, 0.05) is 11.3 Å². The van der Waals surface area contributed by atoms with E-state index in [0.29, 0.717) is 45.2 Å². The van der Waals surface area contributed by atoms with Crippen molar-refractivity contribution in [2.45, 2.75) is 50.3 Å². The number of thioether (sulfide) groups is 1. The number of carbonyl (C=O) groups is 2. The Morgan fingerprint density at radius 1 is 1.04 bits per heavy atom. The van der Waals surface area contributed by atoms with E-state index in [2.05, 4.69) is 24.0 Å². The number of amides is 1. The molecule has 0 aliphatic carbocycles. The number of benzene rings is 3. The van der Waals surface area contributed by atoms with Gasteiger partial charge in [-0.3, -0.25) is 14.5 Å². The Hall–Kier alpha value is -4.22. The number of rotatable bonds is 11. The minimum atomic E-state index is -1.01. The summed E-state index contributed by atoms with van der Waals surface area (Å²) in [4.78, 5) is 28.7. The molecule has 45 heavy (non-hydrogen) atoms. The predicted molar refractivity (Wildman–Crippen MR) is 175 cm³/mol. The number of aromatic nitrogens is 2. The van der Waals surface area contributed by atoms with Gasteiger partial charge in [0.25, 0.3) is 5.78 Å². The first-order valence-electron chi connectivity index (χ1n) is 14.5. The fraction of sp³-hybridized carbons (Fsp3) is 0.294. The number of nitrogens with zero attached hydrogens (tertiary/aromatic N) is 3. The van der Waals surface area contributed by atoms with Crippen LogP contribution in [0.1, 0.15) is 54.1 Å². The van der Waals surface area contributed by atoms with Gasteiger partial charge in [-0.25, -0.2) is 4.39 Å². The first kappa shape index (κ1) is 32.2. The van der Waals surface area contributed by atoms with Crippen LogP contribution in [0.3, 0.4) is 0 Å². The van der Waals surface area contributed by atoms with Crippen molar-refractivity contribution in [1.29, 1.82) is 0 Å². The molecule has 8 nitrogen and oxygen atoms in total. The molecular weight excluding hydrogens is 614 g/mol. The minimum absolute atomic E-state index is 0.0556. The zero-order chi connectivity index (χ0) is 32.2. The molecule has 2 heterocycles. The van der Waals surface area contributed by atoms with Gasteiger partial charge in [-0.2, -0.15) is 0 Å². The fourth-order valence-electron chi connectivity index (χ4n) is 4.94. The second-order valence-corrected chi connectivity index (χ2v) is 13.4. The first-order valence-corrected chi connectivity index (χ1v) is 16.3. The molecule has 3 aromatic carbocycles. The fourth-order valence-corrected chi connectivity index (χ4v) is 6.77. The monoisotopic (exact) mass is 647 g/mol. The van der Waals surface area contributed by atoms with Gasteiger partial charge in [-0.1, -0.05) is 72.8 Å². The Balaban J connectivity index is 1.57. The quantitative estimate of drug-likeness (QED) is 0.0583. The summed E-state index contributed by atoms with van der Waals surface area (Å²) in [5.41, 5.74) is 3.49. The van der Waals surface area contributed by atoms with E-state index in [-0.39, 0.29) is 22.3 Å². The van der Waals surface area contributed by atoms with E-state index in [1.165, 1.54) is 35.9 Å². The molecule has 1 aliphatic rings. The molecule has 11 heteroatoms. The molecule has 5 rings (SSSR count). The maximum Gasteiger partial charge on any atom is 0.301 e. The van der Waals surface area contributed by atoms with Crippen LogP contribution in [-0.4, -0.2) is 40.7 Å². The number of carbonyl (C=O) groups excluding carboxylic acids is 2. The molecule has 1 atom stereocenters. The van der Waals surface area contributed by atoms with Crippen molar-refractivity contribution in [1.82, 2.24) is 10.2 Å². The summed E-state index contributed by atoms with van der Waals surface area (Å²) >= 11 is 2.54. The molecule has 1 unspecified atom stereocenters. The average Bonchev–Trinajstić information content (AvgIpc) is 3.59. The van der Waals surface area contributed by atoms with Gasteiger partial charge in [0.2, 0.25) is 5.13 Å². The van der Waals surface area contributed by atoms with Gasteiger partial charge >= 0.3 is 5.91 Å².